The summed E-state index contributed by atoms with van der Waals surface area (Å²) in [5.41, 5.74) is 0. The van der Waals surface area contributed by atoms with Crippen LogP contribution < -0.4 is 5.32 Å². The summed E-state index contributed by atoms with van der Waals surface area (Å²) in [5, 5.41) is 2.40. The first kappa shape index (κ1) is 8.96. The zero-order chi connectivity index (χ0) is 7.11. The summed E-state index contributed by atoms with van der Waals surface area (Å²) >= 11 is 0. The topological polar surface area (TPSA) is 16.6 Å². The van der Waals surface area contributed by atoms with Crippen LogP contribution >= 0.6 is 0 Å². The van der Waals surface area contributed by atoms with E-state index in [1.165, 1.54) is 25.9 Å². The Hall–Kier alpha value is -0.0400. The Bertz CT molecular complexity index is 46.5. The molecule has 0 aromatic rings. The van der Waals surface area contributed by atoms with Crippen LogP contribution in [-0.4, -0.2) is 13.1 Å². The fraction of sp³-hybridized carbons (Fsp3) is 1.00. The largest absolute Gasteiger partial charge is 0.346 e. The van der Waals surface area contributed by atoms with E-state index in [0.29, 0.717) is 0 Å². The predicted octanol–water partition coefficient (Wildman–Crippen LogP) is 1.01. The van der Waals surface area contributed by atoms with E-state index in [4.69, 9.17) is 0 Å². The lowest BCUT2D eigenvalue weighted by atomic mass is 10.0. The zero-order valence-electron chi connectivity index (χ0n) is 6.98. The van der Waals surface area contributed by atoms with Gasteiger partial charge in [-0.25, -0.2) is 0 Å². The smallest absolute Gasteiger partial charge is 0.0757 e. The Morgan fingerprint density at radius 1 is 1.11 bits per heavy atom. The molecule has 56 valence electrons. The van der Waals surface area contributed by atoms with Crippen molar-refractivity contribution < 1.29 is 5.32 Å². The van der Waals surface area contributed by atoms with Gasteiger partial charge in [-0.3, -0.25) is 0 Å². The minimum atomic E-state index is 1.00. The van der Waals surface area contributed by atoms with Gasteiger partial charge < -0.3 is 5.32 Å². The molecule has 1 aliphatic rings. The van der Waals surface area contributed by atoms with Crippen molar-refractivity contribution in [3.8, 4) is 0 Å². The van der Waals surface area contributed by atoms with Crippen LogP contribution in [0.15, 0.2) is 0 Å². The minimum absolute atomic E-state index is 1.00. The quantitative estimate of drug-likeness (QED) is 0.504. The first-order chi connectivity index (χ1) is 4.39. The highest BCUT2D eigenvalue weighted by Gasteiger charge is 2.08. The molecule has 0 amide bonds. The fourth-order valence-corrected chi connectivity index (χ4v) is 1.09. The SMILES string of the molecule is CC.CC1CC[NH2+]CC1. The molecule has 1 heterocycles. The van der Waals surface area contributed by atoms with Gasteiger partial charge in [-0.05, 0) is 18.8 Å². The van der Waals surface area contributed by atoms with Crippen molar-refractivity contribution in [3.63, 3.8) is 0 Å². The van der Waals surface area contributed by atoms with Crippen molar-refractivity contribution in [2.45, 2.75) is 33.6 Å². The van der Waals surface area contributed by atoms with Crippen LogP contribution in [-0.2, 0) is 0 Å². The van der Waals surface area contributed by atoms with Crippen LogP contribution in [0.2, 0.25) is 0 Å². The van der Waals surface area contributed by atoms with Crippen molar-refractivity contribution >= 4 is 0 Å². The second-order valence-corrected chi connectivity index (χ2v) is 2.55. The van der Waals surface area contributed by atoms with Gasteiger partial charge in [0.15, 0.2) is 0 Å². The first-order valence-electron chi connectivity index (χ1n) is 4.21. The number of hydrogen-bond acceptors (Lipinski definition) is 0. The van der Waals surface area contributed by atoms with Crippen LogP contribution in [0.25, 0.3) is 0 Å². The number of rotatable bonds is 0. The molecule has 0 bridgehead atoms. The van der Waals surface area contributed by atoms with Crippen LogP contribution in [0, 0.1) is 5.92 Å². The Morgan fingerprint density at radius 2 is 1.56 bits per heavy atom. The van der Waals surface area contributed by atoms with E-state index in [1.807, 2.05) is 13.8 Å². The molecule has 0 atom stereocenters. The van der Waals surface area contributed by atoms with Gasteiger partial charge in [-0.1, -0.05) is 20.8 Å². The van der Waals surface area contributed by atoms with E-state index in [-0.39, 0.29) is 0 Å². The maximum Gasteiger partial charge on any atom is 0.0757 e. The maximum absolute atomic E-state index is 2.40. The van der Waals surface area contributed by atoms with Gasteiger partial charge in [0, 0.05) is 0 Å². The van der Waals surface area contributed by atoms with Crippen LogP contribution in [0.1, 0.15) is 33.6 Å². The lowest BCUT2D eigenvalue weighted by molar-refractivity contribution is -0.664. The van der Waals surface area contributed by atoms with E-state index in [2.05, 4.69) is 12.2 Å². The summed E-state index contributed by atoms with van der Waals surface area (Å²) in [6.07, 6.45) is 2.86. The van der Waals surface area contributed by atoms with Gasteiger partial charge in [0.1, 0.15) is 0 Å². The van der Waals surface area contributed by atoms with Crippen molar-refractivity contribution in [1.82, 2.24) is 0 Å². The average molecular weight is 130 g/mol. The molecule has 1 heteroatoms. The van der Waals surface area contributed by atoms with Crippen molar-refractivity contribution in [1.29, 1.82) is 0 Å². The maximum atomic E-state index is 2.40. The Morgan fingerprint density at radius 3 is 1.78 bits per heavy atom. The van der Waals surface area contributed by atoms with Gasteiger partial charge >= 0.3 is 0 Å². The van der Waals surface area contributed by atoms with E-state index < -0.39 is 0 Å². The third-order valence-electron chi connectivity index (χ3n) is 1.73. The molecule has 0 aromatic carbocycles. The zero-order valence-corrected chi connectivity index (χ0v) is 6.98. The highest BCUT2D eigenvalue weighted by Crippen LogP contribution is 2.04. The molecule has 1 rings (SSSR count). The molecular weight excluding hydrogens is 110 g/mol. The van der Waals surface area contributed by atoms with Crippen LogP contribution in [0.4, 0.5) is 0 Å². The van der Waals surface area contributed by atoms with Crippen molar-refractivity contribution in [3.05, 3.63) is 0 Å². The standard InChI is InChI=1S/C6H13N.C2H6/c1-6-2-4-7-5-3-6;1-2/h6-7H,2-5H2,1H3;1-2H3/p+1. The van der Waals surface area contributed by atoms with Crippen LogP contribution in [0.3, 0.4) is 0 Å². The Balaban J connectivity index is 0.000000291. The van der Waals surface area contributed by atoms with Gasteiger partial charge in [0.05, 0.1) is 13.1 Å². The molecule has 1 nitrogen and oxygen atoms in total. The van der Waals surface area contributed by atoms with Gasteiger partial charge in [-0.15, -0.1) is 0 Å². The average Bonchev–Trinajstić information content (AvgIpc) is 1.94. The molecule has 2 N–H and O–H groups in total. The third-order valence-corrected chi connectivity index (χ3v) is 1.73. The van der Waals surface area contributed by atoms with E-state index in [0.717, 1.165) is 5.92 Å². The second kappa shape index (κ2) is 6.09. The minimum Gasteiger partial charge on any atom is -0.346 e. The second-order valence-electron chi connectivity index (χ2n) is 2.55. The number of quaternary nitrogens is 1. The third kappa shape index (κ3) is 4.46. The van der Waals surface area contributed by atoms with E-state index >= 15 is 0 Å². The first-order valence-corrected chi connectivity index (χ1v) is 4.21. The summed E-state index contributed by atoms with van der Waals surface area (Å²) in [6, 6.07) is 0. The molecule has 0 unspecified atom stereocenters. The Labute approximate surface area is 58.8 Å². The molecule has 0 saturated carbocycles. The molecule has 0 spiro atoms. The molecule has 0 aliphatic carbocycles. The fourth-order valence-electron chi connectivity index (χ4n) is 1.09. The summed E-state index contributed by atoms with van der Waals surface area (Å²) in [5.74, 6) is 1.00. The predicted molar refractivity (Wildman–Crippen MR) is 41.4 cm³/mol. The molecule has 0 aromatic heterocycles. The molecule has 9 heavy (non-hydrogen) atoms. The molecular formula is C8H20N+. The number of piperidine rings is 1. The number of hydrogen-bond donors (Lipinski definition) is 1. The summed E-state index contributed by atoms with van der Waals surface area (Å²) < 4.78 is 0. The summed E-state index contributed by atoms with van der Waals surface area (Å²) in [4.78, 5) is 0. The normalized spacial score (nSPS) is 20.3. The summed E-state index contributed by atoms with van der Waals surface area (Å²) in [7, 11) is 0. The highest BCUT2D eigenvalue weighted by molar-refractivity contribution is 4.52. The Kier molecular flexibility index (Phi) is 6.06. The lowest BCUT2D eigenvalue weighted by Gasteiger charge is -2.14. The van der Waals surface area contributed by atoms with E-state index in [9.17, 15) is 0 Å². The molecule has 1 fully saturated rings. The van der Waals surface area contributed by atoms with Crippen molar-refractivity contribution in [2.75, 3.05) is 13.1 Å². The van der Waals surface area contributed by atoms with Gasteiger partial charge in [-0.2, -0.15) is 0 Å². The van der Waals surface area contributed by atoms with E-state index in [1.54, 1.807) is 0 Å². The number of nitrogens with two attached hydrogens (primary N) is 1. The highest BCUT2D eigenvalue weighted by atomic mass is 14.9. The van der Waals surface area contributed by atoms with Gasteiger partial charge in [0.25, 0.3) is 0 Å². The lowest BCUT2D eigenvalue weighted by Crippen LogP contribution is -2.86. The summed E-state index contributed by atoms with van der Waals surface area (Å²) in [6.45, 7) is 9.06. The molecule has 1 aliphatic heterocycles. The molecule has 0 radical (unpaired) electrons. The van der Waals surface area contributed by atoms with Crippen LogP contribution in [0.5, 0.6) is 0 Å². The monoisotopic (exact) mass is 130 g/mol. The van der Waals surface area contributed by atoms with Crippen molar-refractivity contribution in [2.24, 2.45) is 5.92 Å². The molecule has 1 saturated heterocycles. The van der Waals surface area contributed by atoms with Gasteiger partial charge in [0.2, 0.25) is 0 Å².